The Balaban J connectivity index is 2.29. The molecular weight excluding hydrogens is 293 g/mol. The largest absolute Gasteiger partial charge is 0.478 e. The highest BCUT2D eigenvalue weighted by molar-refractivity contribution is 7.98. The van der Waals surface area contributed by atoms with Gasteiger partial charge in [-0.3, -0.25) is 4.98 Å². The van der Waals surface area contributed by atoms with Gasteiger partial charge < -0.3 is 5.11 Å². The van der Waals surface area contributed by atoms with E-state index in [4.69, 9.17) is 0 Å². The number of carboxylic acid groups (broad SMARTS) is 1. The van der Waals surface area contributed by atoms with Crippen molar-refractivity contribution in [1.29, 1.82) is 0 Å². The second-order valence-corrected chi connectivity index (χ2v) is 5.33. The molecule has 0 spiro atoms. The molecule has 0 saturated carbocycles. The van der Waals surface area contributed by atoms with Crippen molar-refractivity contribution >= 4 is 17.7 Å². The molecule has 2 aromatic rings. The summed E-state index contributed by atoms with van der Waals surface area (Å²) < 4.78 is 13.1. The molecule has 5 nitrogen and oxygen atoms in total. The van der Waals surface area contributed by atoms with Gasteiger partial charge in [0.1, 0.15) is 22.2 Å². The van der Waals surface area contributed by atoms with E-state index in [1.165, 1.54) is 17.8 Å². The molecule has 1 N–H and O–H groups in total. The lowest BCUT2D eigenvalue weighted by Crippen LogP contribution is -2.09. The summed E-state index contributed by atoms with van der Waals surface area (Å²) in [6.07, 6.45) is 3.29. The maximum atomic E-state index is 13.1. The number of aromatic nitrogens is 3. The van der Waals surface area contributed by atoms with Crippen LogP contribution in [0.2, 0.25) is 0 Å². The average Bonchev–Trinajstić information content (AvgIpc) is 2.44. The van der Waals surface area contributed by atoms with Gasteiger partial charge in [-0.1, -0.05) is 6.92 Å². The summed E-state index contributed by atoms with van der Waals surface area (Å²) in [5, 5.41) is 9.68. The van der Waals surface area contributed by atoms with Crippen molar-refractivity contribution in [2.24, 2.45) is 0 Å². The lowest BCUT2D eigenvalue weighted by atomic mass is 10.2. The van der Waals surface area contributed by atoms with Gasteiger partial charge in [0, 0.05) is 18.4 Å². The van der Waals surface area contributed by atoms with Crippen molar-refractivity contribution in [2.75, 3.05) is 0 Å². The van der Waals surface area contributed by atoms with Crippen molar-refractivity contribution in [3.8, 4) is 0 Å². The highest BCUT2D eigenvalue weighted by Crippen LogP contribution is 2.26. The third-order valence-corrected chi connectivity index (χ3v) is 3.82. The fraction of sp³-hybridized carbons (Fsp3) is 0.286. The number of hydrogen-bond donors (Lipinski definition) is 1. The molecule has 0 aliphatic heterocycles. The minimum absolute atomic E-state index is 0.0987. The van der Waals surface area contributed by atoms with Gasteiger partial charge in [0.25, 0.3) is 0 Å². The Morgan fingerprint density at radius 1 is 1.38 bits per heavy atom. The molecule has 0 aliphatic rings. The van der Waals surface area contributed by atoms with Crippen molar-refractivity contribution in [1.82, 2.24) is 15.0 Å². The molecule has 2 heterocycles. The van der Waals surface area contributed by atoms with Gasteiger partial charge >= 0.3 is 5.97 Å². The van der Waals surface area contributed by atoms with Crippen molar-refractivity contribution in [3.63, 3.8) is 0 Å². The van der Waals surface area contributed by atoms with E-state index in [1.54, 1.807) is 13.1 Å². The van der Waals surface area contributed by atoms with Crippen LogP contribution in [0.1, 0.15) is 34.4 Å². The third kappa shape index (κ3) is 3.75. The summed E-state index contributed by atoms with van der Waals surface area (Å²) in [5.74, 6) is -0.489. The standard InChI is InChI=1S/C14H14FN3O2S/c1-3-11-17-8(2)12(14(19)20)13(18-11)21-7-9-4-10(15)6-16-5-9/h4-6H,3,7H2,1-2H3,(H,19,20). The molecule has 0 unspecified atom stereocenters. The lowest BCUT2D eigenvalue weighted by molar-refractivity contribution is 0.0690. The highest BCUT2D eigenvalue weighted by atomic mass is 32.2. The number of pyridine rings is 1. The first-order chi connectivity index (χ1) is 10.0. The van der Waals surface area contributed by atoms with Gasteiger partial charge in [-0.05, 0) is 18.6 Å². The van der Waals surface area contributed by atoms with Gasteiger partial charge in [-0.25, -0.2) is 19.2 Å². The Labute approximate surface area is 125 Å². The first-order valence-electron chi connectivity index (χ1n) is 6.34. The smallest absolute Gasteiger partial charge is 0.340 e. The fourth-order valence-electron chi connectivity index (χ4n) is 1.80. The van der Waals surface area contributed by atoms with E-state index >= 15 is 0 Å². The minimum atomic E-state index is -1.06. The molecule has 21 heavy (non-hydrogen) atoms. The molecule has 0 amide bonds. The van der Waals surface area contributed by atoms with Gasteiger partial charge in [0.2, 0.25) is 0 Å². The summed E-state index contributed by atoms with van der Waals surface area (Å²) in [6, 6.07) is 1.37. The van der Waals surface area contributed by atoms with E-state index in [-0.39, 0.29) is 5.56 Å². The Morgan fingerprint density at radius 3 is 2.76 bits per heavy atom. The summed E-state index contributed by atoms with van der Waals surface area (Å²) in [6.45, 7) is 3.55. The second-order valence-electron chi connectivity index (χ2n) is 4.36. The van der Waals surface area contributed by atoms with E-state index in [9.17, 15) is 14.3 Å². The first-order valence-corrected chi connectivity index (χ1v) is 7.32. The van der Waals surface area contributed by atoms with Gasteiger partial charge in [-0.2, -0.15) is 0 Å². The van der Waals surface area contributed by atoms with Gasteiger partial charge in [0.05, 0.1) is 11.9 Å². The monoisotopic (exact) mass is 307 g/mol. The molecule has 7 heteroatoms. The molecule has 110 valence electrons. The predicted octanol–water partition coefficient (Wildman–Crippen LogP) is 2.87. The Kier molecular flexibility index (Phi) is 4.85. The zero-order valence-electron chi connectivity index (χ0n) is 11.6. The summed E-state index contributed by atoms with van der Waals surface area (Å²) in [7, 11) is 0. The number of thioether (sulfide) groups is 1. The normalized spacial score (nSPS) is 10.6. The third-order valence-electron chi connectivity index (χ3n) is 2.77. The summed E-state index contributed by atoms with van der Waals surface area (Å²) in [5.41, 5.74) is 1.21. The van der Waals surface area contributed by atoms with Crippen molar-refractivity contribution < 1.29 is 14.3 Å². The molecule has 0 aromatic carbocycles. The molecule has 0 atom stereocenters. The van der Waals surface area contributed by atoms with E-state index in [0.717, 1.165) is 6.20 Å². The van der Waals surface area contributed by atoms with Gasteiger partial charge in [0.15, 0.2) is 0 Å². The molecule has 0 fully saturated rings. The molecule has 0 radical (unpaired) electrons. The van der Waals surface area contributed by atoms with Crippen LogP contribution in [-0.4, -0.2) is 26.0 Å². The van der Waals surface area contributed by atoms with Crippen LogP contribution in [0.25, 0.3) is 0 Å². The second kappa shape index (κ2) is 6.62. The van der Waals surface area contributed by atoms with Crippen LogP contribution in [-0.2, 0) is 12.2 Å². The number of hydrogen-bond acceptors (Lipinski definition) is 5. The van der Waals surface area contributed by atoms with Crippen LogP contribution in [0.5, 0.6) is 0 Å². The predicted molar refractivity (Wildman–Crippen MR) is 76.9 cm³/mol. The maximum absolute atomic E-state index is 13.1. The maximum Gasteiger partial charge on any atom is 0.340 e. The molecule has 0 bridgehead atoms. The Hall–Kier alpha value is -2.02. The highest BCUT2D eigenvalue weighted by Gasteiger charge is 2.18. The number of aryl methyl sites for hydroxylation is 2. The van der Waals surface area contributed by atoms with E-state index in [2.05, 4.69) is 15.0 Å². The Morgan fingerprint density at radius 2 is 2.14 bits per heavy atom. The van der Waals surface area contributed by atoms with Crippen LogP contribution in [0, 0.1) is 12.7 Å². The lowest BCUT2D eigenvalue weighted by Gasteiger charge is -2.09. The number of carbonyl (C=O) groups is 1. The molecular formula is C14H14FN3O2S. The van der Waals surface area contributed by atoms with Crippen LogP contribution < -0.4 is 0 Å². The zero-order chi connectivity index (χ0) is 15.4. The molecule has 2 rings (SSSR count). The van der Waals surface area contributed by atoms with E-state index in [0.29, 0.717) is 34.3 Å². The van der Waals surface area contributed by atoms with Crippen molar-refractivity contribution in [2.45, 2.75) is 31.0 Å². The first kappa shape index (κ1) is 15.4. The Bertz CT molecular complexity index is 679. The van der Waals surface area contributed by atoms with Crippen LogP contribution in [0.4, 0.5) is 4.39 Å². The van der Waals surface area contributed by atoms with Crippen LogP contribution in [0.15, 0.2) is 23.5 Å². The topological polar surface area (TPSA) is 76.0 Å². The number of aromatic carboxylic acids is 1. The minimum Gasteiger partial charge on any atom is -0.478 e. The average molecular weight is 307 g/mol. The molecule has 2 aromatic heterocycles. The summed E-state index contributed by atoms with van der Waals surface area (Å²) in [4.78, 5) is 23.5. The summed E-state index contributed by atoms with van der Waals surface area (Å²) >= 11 is 1.24. The van der Waals surface area contributed by atoms with Crippen LogP contribution in [0.3, 0.4) is 0 Å². The fourth-order valence-corrected chi connectivity index (χ4v) is 2.81. The van der Waals surface area contributed by atoms with Crippen LogP contribution >= 0.6 is 11.8 Å². The number of rotatable bonds is 5. The number of carboxylic acids is 1. The molecule has 0 saturated heterocycles. The van der Waals surface area contributed by atoms with Gasteiger partial charge in [-0.15, -0.1) is 11.8 Å². The van der Waals surface area contributed by atoms with E-state index in [1.807, 2.05) is 6.92 Å². The number of nitrogens with zero attached hydrogens (tertiary/aromatic N) is 3. The quantitative estimate of drug-likeness (QED) is 0.676. The van der Waals surface area contributed by atoms with E-state index < -0.39 is 11.8 Å². The SMILES string of the molecule is CCc1nc(C)c(C(=O)O)c(SCc2cncc(F)c2)n1. The number of halogens is 1. The van der Waals surface area contributed by atoms with Crippen molar-refractivity contribution in [3.05, 3.63) is 46.9 Å². The zero-order valence-corrected chi connectivity index (χ0v) is 12.4. The molecule has 0 aliphatic carbocycles.